The maximum atomic E-state index is 13.0. The normalized spacial score (nSPS) is 18.0. The maximum Gasteiger partial charge on any atom is 1.00 e. The molecule has 3 rings (SSSR count). The van der Waals surface area contributed by atoms with Crippen molar-refractivity contribution < 1.29 is 24.0 Å². The fraction of sp³-hybridized carbons (Fsp3) is 0.333. The largest absolute Gasteiger partial charge is 1.00 e. The number of benzene rings is 2. The van der Waals surface area contributed by atoms with Crippen LogP contribution < -0.4 is 24.0 Å². The van der Waals surface area contributed by atoms with Gasteiger partial charge in [-0.25, -0.2) is 0 Å². The summed E-state index contributed by atoms with van der Waals surface area (Å²) in [7, 11) is 0. The molecular formula is C18H20LiNO. The summed E-state index contributed by atoms with van der Waals surface area (Å²) in [4.78, 5) is 2.35. The van der Waals surface area contributed by atoms with Gasteiger partial charge in [0, 0.05) is 6.04 Å². The molecule has 0 bridgehead atoms. The predicted molar refractivity (Wildman–Crippen MR) is 79.2 cm³/mol. The molecule has 2 aromatic carbocycles. The molecule has 3 heteroatoms. The minimum atomic E-state index is -0.725. The van der Waals surface area contributed by atoms with E-state index in [0.29, 0.717) is 0 Å². The minimum absolute atomic E-state index is 0. The van der Waals surface area contributed by atoms with E-state index in [0.717, 1.165) is 24.2 Å². The Morgan fingerprint density at radius 3 is 1.76 bits per heavy atom. The molecule has 0 saturated carbocycles. The van der Waals surface area contributed by atoms with Crippen LogP contribution in [0.15, 0.2) is 60.7 Å². The third-order valence-corrected chi connectivity index (χ3v) is 4.09. The molecule has 0 aliphatic carbocycles. The van der Waals surface area contributed by atoms with Gasteiger partial charge in [-0.15, -0.1) is 0 Å². The Kier molecular flexibility index (Phi) is 6.08. The van der Waals surface area contributed by atoms with Crippen molar-refractivity contribution in [1.29, 1.82) is 0 Å². The van der Waals surface area contributed by atoms with Crippen molar-refractivity contribution in [2.75, 3.05) is 13.1 Å². The smallest absolute Gasteiger partial charge is 0.847 e. The summed E-state index contributed by atoms with van der Waals surface area (Å²) in [6, 6.07) is 19.9. The van der Waals surface area contributed by atoms with Crippen LogP contribution in [0, 0.1) is 0 Å². The summed E-state index contributed by atoms with van der Waals surface area (Å²) >= 11 is 0. The molecule has 0 aromatic heterocycles. The third-order valence-electron chi connectivity index (χ3n) is 4.09. The van der Waals surface area contributed by atoms with Gasteiger partial charge in [0.25, 0.3) is 0 Å². The SMILES string of the molecule is [Li+].[O-][C@@H](c1ccccc1)[C@@H](c1ccccc1)N1CCCC1. The van der Waals surface area contributed by atoms with Crippen LogP contribution in [0.2, 0.25) is 0 Å². The van der Waals surface area contributed by atoms with Crippen molar-refractivity contribution in [3.8, 4) is 0 Å². The van der Waals surface area contributed by atoms with Gasteiger partial charge in [0.2, 0.25) is 0 Å². The van der Waals surface area contributed by atoms with E-state index < -0.39 is 6.10 Å². The van der Waals surface area contributed by atoms with E-state index >= 15 is 0 Å². The van der Waals surface area contributed by atoms with Crippen LogP contribution in [0.25, 0.3) is 0 Å². The summed E-state index contributed by atoms with van der Waals surface area (Å²) in [6.45, 7) is 2.07. The van der Waals surface area contributed by atoms with Crippen LogP contribution in [0.4, 0.5) is 0 Å². The Labute approximate surface area is 139 Å². The van der Waals surface area contributed by atoms with Gasteiger partial charge in [0.15, 0.2) is 0 Å². The number of hydrogen-bond donors (Lipinski definition) is 0. The zero-order chi connectivity index (χ0) is 13.8. The number of nitrogens with zero attached hydrogens (tertiary/aromatic N) is 1. The van der Waals surface area contributed by atoms with Gasteiger partial charge in [-0.1, -0.05) is 72.3 Å². The van der Waals surface area contributed by atoms with E-state index in [2.05, 4.69) is 17.0 Å². The van der Waals surface area contributed by atoms with Gasteiger partial charge in [-0.2, -0.15) is 0 Å². The fourth-order valence-electron chi connectivity index (χ4n) is 3.07. The van der Waals surface area contributed by atoms with Gasteiger partial charge < -0.3 is 5.11 Å². The molecule has 1 aliphatic heterocycles. The topological polar surface area (TPSA) is 26.3 Å². The van der Waals surface area contributed by atoms with Crippen molar-refractivity contribution in [2.45, 2.75) is 25.0 Å². The van der Waals surface area contributed by atoms with Crippen LogP contribution in [-0.2, 0) is 0 Å². The van der Waals surface area contributed by atoms with Crippen molar-refractivity contribution in [1.82, 2.24) is 4.90 Å². The van der Waals surface area contributed by atoms with Gasteiger partial charge in [0.1, 0.15) is 0 Å². The second kappa shape index (κ2) is 7.82. The molecule has 1 fully saturated rings. The molecule has 0 unspecified atom stereocenters. The molecule has 1 heterocycles. The molecule has 1 aliphatic rings. The maximum absolute atomic E-state index is 13.0. The average Bonchev–Trinajstić information content (AvgIpc) is 3.03. The van der Waals surface area contributed by atoms with Gasteiger partial charge in [0.05, 0.1) is 0 Å². The molecular weight excluding hydrogens is 253 g/mol. The summed E-state index contributed by atoms with van der Waals surface area (Å²) in [5, 5.41) is 13.0. The summed E-state index contributed by atoms with van der Waals surface area (Å²) in [5.41, 5.74) is 2.02. The first-order chi connectivity index (χ1) is 9.86. The van der Waals surface area contributed by atoms with E-state index in [-0.39, 0.29) is 24.9 Å². The van der Waals surface area contributed by atoms with Crippen molar-refractivity contribution >= 4 is 0 Å². The Morgan fingerprint density at radius 2 is 1.24 bits per heavy atom. The molecule has 21 heavy (non-hydrogen) atoms. The van der Waals surface area contributed by atoms with Gasteiger partial charge in [-0.05, 0) is 31.5 Å². The fourth-order valence-corrected chi connectivity index (χ4v) is 3.07. The molecule has 0 spiro atoms. The van der Waals surface area contributed by atoms with E-state index in [9.17, 15) is 5.11 Å². The number of rotatable bonds is 4. The van der Waals surface area contributed by atoms with Gasteiger partial charge in [-0.3, -0.25) is 4.90 Å². The summed E-state index contributed by atoms with van der Waals surface area (Å²) in [5.74, 6) is 0. The first-order valence-electron chi connectivity index (χ1n) is 7.36. The Hall–Kier alpha value is -1.04. The molecule has 0 amide bonds. The predicted octanol–water partition coefficient (Wildman–Crippen LogP) is -0.0709. The Balaban J connectivity index is 0.00000161. The van der Waals surface area contributed by atoms with E-state index in [1.807, 2.05) is 48.5 Å². The third kappa shape index (κ3) is 3.78. The van der Waals surface area contributed by atoms with Crippen LogP contribution in [0.1, 0.15) is 36.1 Å². The summed E-state index contributed by atoms with van der Waals surface area (Å²) in [6.07, 6.45) is 1.67. The minimum Gasteiger partial charge on any atom is -0.847 e. The van der Waals surface area contributed by atoms with Crippen LogP contribution in [0.3, 0.4) is 0 Å². The first-order valence-corrected chi connectivity index (χ1v) is 7.36. The number of hydrogen-bond acceptors (Lipinski definition) is 2. The Bertz CT molecular complexity index is 525. The Morgan fingerprint density at radius 1 is 0.762 bits per heavy atom. The van der Waals surface area contributed by atoms with Crippen molar-refractivity contribution in [3.05, 3.63) is 71.8 Å². The standard InChI is InChI=1S/C18H20NO.Li/c20-18(16-11-5-2-6-12-16)17(19-13-7-8-14-19)15-9-3-1-4-10-15;/h1-6,9-12,17-18H,7-8,13-14H2;/q-1;+1/t17-,18+;/m1./s1. The van der Waals surface area contributed by atoms with Crippen molar-refractivity contribution in [2.24, 2.45) is 0 Å². The quantitative estimate of drug-likeness (QED) is 0.729. The molecule has 0 N–H and O–H groups in total. The average molecular weight is 273 g/mol. The van der Waals surface area contributed by atoms with Crippen molar-refractivity contribution in [3.63, 3.8) is 0 Å². The number of likely N-dealkylation sites (tertiary alicyclic amines) is 1. The van der Waals surface area contributed by atoms with E-state index in [1.165, 1.54) is 12.8 Å². The molecule has 104 valence electrons. The van der Waals surface area contributed by atoms with Crippen LogP contribution in [0.5, 0.6) is 0 Å². The second-order valence-corrected chi connectivity index (χ2v) is 5.43. The first kappa shape index (κ1) is 16.3. The molecule has 2 atom stereocenters. The monoisotopic (exact) mass is 273 g/mol. The van der Waals surface area contributed by atoms with Crippen LogP contribution in [-0.4, -0.2) is 18.0 Å². The van der Waals surface area contributed by atoms with E-state index in [4.69, 9.17) is 0 Å². The molecule has 2 aromatic rings. The zero-order valence-electron chi connectivity index (χ0n) is 12.6. The van der Waals surface area contributed by atoms with Crippen LogP contribution >= 0.6 is 0 Å². The zero-order valence-corrected chi connectivity index (χ0v) is 12.6. The summed E-state index contributed by atoms with van der Waals surface area (Å²) < 4.78 is 0. The molecule has 0 radical (unpaired) electrons. The van der Waals surface area contributed by atoms with E-state index in [1.54, 1.807) is 0 Å². The molecule has 1 saturated heterocycles. The molecule has 2 nitrogen and oxygen atoms in total. The second-order valence-electron chi connectivity index (χ2n) is 5.43. The van der Waals surface area contributed by atoms with Gasteiger partial charge >= 0.3 is 18.9 Å².